The highest BCUT2D eigenvalue weighted by atomic mass is 35.5. The third kappa shape index (κ3) is 1.06. The van der Waals surface area contributed by atoms with Gasteiger partial charge < -0.3 is 10.3 Å². The van der Waals surface area contributed by atoms with E-state index >= 15 is 0 Å². The Balaban J connectivity index is 2.27. The molecule has 4 heteroatoms. The van der Waals surface area contributed by atoms with E-state index in [1.165, 1.54) is 0 Å². The second-order valence-electron chi connectivity index (χ2n) is 3.83. The molecule has 1 saturated carbocycles. The van der Waals surface area contributed by atoms with Crippen LogP contribution in [0.3, 0.4) is 0 Å². The third-order valence-electron chi connectivity index (χ3n) is 2.68. The van der Waals surface area contributed by atoms with E-state index in [0.717, 1.165) is 29.5 Å². The quantitative estimate of drug-likeness (QED) is 0.783. The lowest BCUT2D eigenvalue weighted by Gasteiger charge is -2.02. The lowest BCUT2D eigenvalue weighted by Crippen LogP contribution is -2.17. The first-order valence-corrected chi connectivity index (χ1v) is 4.91. The molecule has 3 rings (SSSR count). The normalized spacial score (nSPS) is 18.7. The molecule has 0 unspecified atom stereocenters. The van der Waals surface area contributed by atoms with Gasteiger partial charge in [-0.2, -0.15) is 0 Å². The summed E-state index contributed by atoms with van der Waals surface area (Å²) in [4.78, 5) is 0. The number of fused-ring (bicyclic) bond motifs is 1. The predicted molar refractivity (Wildman–Crippen MR) is 54.1 cm³/mol. The van der Waals surface area contributed by atoms with Gasteiger partial charge in [0.1, 0.15) is 5.52 Å². The van der Waals surface area contributed by atoms with E-state index in [4.69, 9.17) is 21.9 Å². The Bertz CT molecular complexity index is 502. The van der Waals surface area contributed by atoms with Crippen LogP contribution in [0.25, 0.3) is 10.9 Å². The fraction of sp³-hybridized carbons (Fsp3) is 0.300. The zero-order valence-corrected chi connectivity index (χ0v) is 8.21. The average molecular weight is 209 g/mol. The SMILES string of the molecule is NC1(c2onc3cc(Cl)ccc23)CC1. The summed E-state index contributed by atoms with van der Waals surface area (Å²) in [6.07, 6.45) is 1.94. The third-order valence-corrected chi connectivity index (χ3v) is 2.92. The minimum atomic E-state index is -0.275. The summed E-state index contributed by atoms with van der Waals surface area (Å²) >= 11 is 5.84. The molecule has 0 spiro atoms. The molecule has 1 heterocycles. The second kappa shape index (κ2) is 2.49. The van der Waals surface area contributed by atoms with Crippen LogP contribution in [0.4, 0.5) is 0 Å². The zero-order valence-electron chi connectivity index (χ0n) is 7.46. The van der Waals surface area contributed by atoms with Crippen LogP contribution in [0, 0.1) is 0 Å². The molecule has 1 aliphatic carbocycles. The van der Waals surface area contributed by atoms with Crippen molar-refractivity contribution in [2.75, 3.05) is 0 Å². The first-order valence-electron chi connectivity index (χ1n) is 4.53. The van der Waals surface area contributed by atoms with Gasteiger partial charge in [0.05, 0.1) is 5.54 Å². The summed E-state index contributed by atoms with van der Waals surface area (Å²) in [6.45, 7) is 0. The summed E-state index contributed by atoms with van der Waals surface area (Å²) in [7, 11) is 0. The number of nitrogens with two attached hydrogens (primary N) is 1. The Labute approximate surface area is 85.8 Å². The first kappa shape index (κ1) is 8.26. The van der Waals surface area contributed by atoms with Gasteiger partial charge >= 0.3 is 0 Å². The van der Waals surface area contributed by atoms with Crippen molar-refractivity contribution in [1.82, 2.24) is 5.16 Å². The maximum atomic E-state index is 6.05. The van der Waals surface area contributed by atoms with Crippen molar-refractivity contribution in [3.8, 4) is 0 Å². The molecule has 0 aliphatic heterocycles. The van der Waals surface area contributed by atoms with E-state index in [0.29, 0.717) is 5.02 Å². The molecule has 1 aliphatic rings. The average Bonchev–Trinajstić information content (AvgIpc) is 2.77. The molecule has 0 bridgehead atoms. The number of aromatic nitrogens is 1. The standard InChI is InChI=1S/C10H9ClN2O/c11-6-1-2-7-8(5-6)13-14-9(7)10(12)3-4-10/h1-2,5H,3-4,12H2. The van der Waals surface area contributed by atoms with Crippen LogP contribution in [-0.2, 0) is 5.54 Å². The van der Waals surface area contributed by atoms with Crippen LogP contribution in [0.2, 0.25) is 5.02 Å². The van der Waals surface area contributed by atoms with Gasteiger partial charge in [-0.25, -0.2) is 0 Å². The second-order valence-corrected chi connectivity index (χ2v) is 4.27. The summed E-state index contributed by atoms with van der Waals surface area (Å²) in [5, 5.41) is 5.59. The van der Waals surface area contributed by atoms with Crippen LogP contribution < -0.4 is 5.73 Å². The van der Waals surface area contributed by atoms with Gasteiger partial charge in [0.15, 0.2) is 5.76 Å². The number of halogens is 1. The van der Waals surface area contributed by atoms with Crippen molar-refractivity contribution < 1.29 is 4.52 Å². The van der Waals surface area contributed by atoms with E-state index in [2.05, 4.69) is 5.16 Å². The number of benzene rings is 1. The van der Waals surface area contributed by atoms with Crippen molar-refractivity contribution in [1.29, 1.82) is 0 Å². The molecule has 72 valence electrons. The van der Waals surface area contributed by atoms with E-state index in [1.807, 2.05) is 12.1 Å². The van der Waals surface area contributed by atoms with Crippen LogP contribution in [0.15, 0.2) is 22.7 Å². The van der Waals surface area contributed by atoms with Crippen LogP contribution >= 0.6 is 11.6 Å². The number of hydrogen-bond acceptors (Lipinski definition) is 3. The summed E-state index contributed by atoms with van der Waals surface area (Å²) in [5.41, 5.74) is 6.56. The summed E-state index contributed by atoms with van der Waals surface area (Å²) < 4.78 is 5.26. The molecule has 1 aromatic carbocycles. The van der Waals surface area contributed by atoms with E-state index in [9.17, 15) is 0 Å². The molecule has 1 aromatic heterocycles. The lowest BCUT2D eigenvalue weighted by atomic mass is 10.1. The van der Waals surface area contributed by atoms with Gasteiger partial charge in [0.2, 0.25) is 0 Å². The highest BCUT2D eigenvalue weighted by Gasteiger charge is 2.45. The molecule has 2 aromatic rings. The van der Waals surface area contributed by atoms with Gasteiger partial charge in [0.25, 0.3) is 0 Å². The summed E-state index contributed by atoms with van der Waals surface area (Å²) in [6, 6.07) is 5.53. The fourth-order valence-corrected chi connectivity index (χ4v) is 1.80. The fourth-order valence-electron chi connectivity index (χ4n) is 1.64. The van der Waals surface area contributed by atoms with E-state index in [1.54, 1.807) is 6.07 Å². The smallest absolute Gasteiger partial charge is 0.164 e. The molecule has 0 amide bonds. The Morgan fingerprint density at radius 1 is 1.43 bits per heavy atom. The Kier molecular flexibility index (Phi) is 1.47. The van der Waals surface area contributed by atoms with Crippen molar-refractivity contribution in [2.45, 2.75) is 18.4 Å². The number of hydrogen-bond donors (Lipinski definition) is 1. The van der Waals surface area contributed by atoms with Crippen molar-refractivity contribution >= 4 is 22.5 Å². The minimum absolute atomic E-state index is 0.275. The monoisotopic (exact) mass is 208 g/mol. The Morgan fingerprint density at radius 2 is 2.21 bits per heavy atom. The maximum absolute atomic E-state index is 6.05. The number of nitrogens with zero attached hydrogens (tertiary/aromatic N) is 1. The lowest BCUT2D eigenvalue weighted by molar-refractivity contribution is 0.362. The molecule has 14 heavy (non-hydrogen) atoms. The molecule has 2 N–H and O–H groups in total. The Hall–Kier alpha value is -1.06. The Morgan fingerprint density at radius 3 is 2.93 bits per heavy atom. The van der Waals surface area contributed by atoms with Gasteiger partial charge in [-0.1, -0.05) is 16.8 Å². The topological polar surface area (TPSA) is 52.0 Å². The van der Waals surface area contributed by atoms with Crippen LogP contribution in [-0.4, -0.2) is 5.16 Å². The van der Waals surface area contributed by atoms with Gasteiger partial charge in [-0.05, 0) is 31.0 Å². The predicted octanol–water partition coefficient (Wildman–Crippen LogP) is 2.43. The van der Waals surface area contributed by atoms with Gasteiger partial charge in [-0.15, -0.1) is 0 Å². The van der Waals surface area contributed by atoms with Gasteiger partial charge in [0, 0.05) is 10.4 Å². The number of rotatable bonds is 1. The largest absolute Gasteiger partial charge is 0.358 e. The summed E-state index contributed by atoms with van der Waals surface area (Å²) in [5.74, 6) is 0.796. The van der Waals surface area contributed by atoms with E-state index < -0.39 is 0 Å². The van der Waals surface area contributed by atoms with E-state index in [-0.39, 0.29) is 5.54 Å². The van der Waals surface area contributed by atoms with Crippen LogP contribution in [0.1, 0.15) is 18.6 Å². The molecule has 0 radical (unpaired) electrons. The van der Waals surface area contributed by atoms with Crippen LogP contribution in [0.5, 0.6) is 0 Å². The molecule has 0 saturated heterocycles. The van der Waals surface area contributed by atoms with Gasteiger partial charge in [-0.3, -0.25) is 0 Å². The highest BCUT2D eigenvalue weighted by molar-refractivity contribution is 6.31. The molecular formula is C10H9ClN2O. The molecule has 0 atom stereocenters. The molecular weight excluding hydrogens is 200 g/mol. The zero-order chi connectivity index (χ0) is 9.76. The minimum Gasteiger partial charge on any atom is -0.358 e. The highest BCUT2D eigenvalue weighted by Crippen LogP contribution is 2.45. The van der Waals surface area contributed by atoms with Crippen molar-refractivity contribution in [3.63, 3.8) is 0 Å². The van der Waals surface area contributed by atoms with Crippen molar-refractivity contribution in [2.24, 2.45) is 5.73 Å². The maximum Gasteiger partial charge on any atom is 0.164 e. The first-order chi connectivity index (χ1) is 6.69. The molecule has 1 fully saturated rings. The van der Waals surface area contributed by atoms with Crippen molar-refractivity contribution in [3.05, 3.63) is 29.0 Å². The molecule has 3 nitrogen and oxygen atoms in total.